The Morgan fingerprint density at radius 2 is 0.960 bits per heavy atom. The number of aromatic amines is 1. The van der Waals surface area contributed by atoms with Gasteiger partial charge in [-0.1, -0.05) is 72.8 Å². The summed E-state index contributed by atoms with van der Waals surface area (Å²) in [4.78, 5) is 33.5. The third-order valence-electron chi connectivity index (χ3n) is 8.09. The SMILES string of the molecule is O=S(=O)([O-])c1ccc2c3nc4nc(nc5[n-]c(nc6nc(nc([nH]3)c2c1S(=O)(=O)[O-])-c1ccccc1-6)c1ccccc51)-c1ccccc1-4.[Cu+2].[Na+]. The second kappa shape index (κ2) is 12.1. The quantitative estimate of drug-likeness (QED) is 0.194. The van der Waals surface area contributed by atoms with Crippen molar-refractivity contribution < 1.29 is 72.6 Å². The number of rotatable bonds is 2. The molecule has 14 nitrogen and oxygen atoms in total. The first-order chi connectivity index (χ1) is 23.0. The molecule has 0 amide bonds. The zero-order chi connectivity index (χ0) is 32.9. The molecule has 50 heavy (non-hydrogen) atoms. The molecule has 0 spiro atoms. The first-order valence-corrected chi connectivity index (χ1v) is 17.0. The number of benzene rings is 4. The molecule has 8 bridgehead atoms. The molecule has 5 heterocycles. The van der Waals surface area contributed by atoms with Crippen LogP contribution in [0.4, 0.5) is 0 Å². The Morgan fingerprint density at radius 3 is 1.42 bits per heavy atom. The summed E-state index contributed by atoms with van der Waals surface area (Å²) in [6.45, 7) is 0. The molecule has 243 valence electrons. The number of fused-ring (bicyclic) bond motifs is 20. The topological polar surface area (TPSA) is 222 Å². The second-order valence-electron chi connectivity index (χ2n) is 10.9. The summed E-state index contributed by atoms with van der Waals surface area (Å²) >= 11 is 0. The molecule has 9 rings (SSSR count). The predicted molar refractivity (Wildman–Crippen MR) is 171 cm³/mol. The van der Waals surface area contributed by atoms with E-state index in [2.05, 4.69) is 15.0 Å². The van der Waals surface area contributed by atoms with Crippen molar-refractivity contribution in [1.29, 1.82) is 0 Å². The van der Waals surface area contributed by atoms with Crippen LogP contribution in [-0.4, -0.2) is 60.8 Å². The van der Waals surface area contributed by atoms with Crippen molar-refractivity contribution in [3.8, 4) is 45.6 Å². The van der Waals surface area contributed by atoms with Crippen molar-refractivity contribution in [2.24, 2.45) is 0 Å². The fourth-order valence-corrected chi connectivity index (χ4v) is 8.01. The molecule has 0 saturated carbocycles. The van der Waals surface area contributed by atoms with Gasteiger partial charge in [-0.05, 0) is 22.9 Å². The van der Waals surface area contributed by atoms with Gasteiger partial charge in [-0.15, -0.1) is 0 Å². The van der Waals surface area contributed by atoms with Crippen molar-refractivity contribution in [2.75, 3.05) is 0 Å². The molecule has 1 radical (unpaired) electrons. The Morgan fingerprint density at radius 1 is 0.520 bits per heavy atom. The van der Waals surface area contributed by atoms with Crippen LogP contribution in [0.1, 0.15) is 0 Å². The van der Waals surface area contributed by atoms with Gasteiger partial charge in [0.05, 0.1) is 21.4 Å². The van der Waals surface area contributed by atoms with Crippen LogP contribution in [0.15, 0.2) is 94.7 Å². The van der Waals surface area contributed by atoms with Gasteiger partial charge in [0.15, 0.2) is 11.6 Å². The summed E-state index contributed by atoms with van der Waals surface area (Å²) in [6.07, 6.45) is 0. The fraction of sp³-hybridized carbons (Fsp3) is 0. The van der Waals surface area contributed by atoms with Crippen molar-refractivity contribution >= 4 is 64.4 Å². The summed E-state index contributed by atoms with van der Waals surface area (Å²) in [7, 11) is -11.0. The molecular formula is C32H15CuN8NaO6S2. The first kappa shape index (κ1) is 34.0. The largest absolute Gasteiger partial charge is 2.00 e. The van der Waals surface area contributed by atoms with Crippen LogP contribution < -0.4 is 34.5 Å². The normalized spacial score (nSPS) is 12.2. The number of hydrogen-bond acceptors (Lipinski definition) is 12. The number of nitrogens with one attached hydrogen (secondary N) is 1. The predicted octanol–water partition coefficient (Wildman–Crippen LogP) is 1.31. The third kappa shape index (κ3) is 5.35. The van der Waals surface area contributed by atoms with Gasteiger partial charge in [-0.25, -0.2) is 36.8 Å². The summed E-state index contributed by atoms with van der Waals surface area (Å²) in [5.74, 6) is 0.785. The molecule has 2 aliphatic heterocycles. The Labute approximate surface area is 314 Å². The van der Waals surface area contributed by atoms with Crippen molar-refractivity contribution in [2.45, 2.75) is 9.79 Å². The van der Waals surface area contributed by atoms with Gasteiger partial charge < -0.3 is 29.0 Å². The maximum Gasteiger partial charge on any atom is 2.00 e. The second-order valence-corrected chi connectivity index (χ2v) is 13.6. The van der Waals surface area contributed by atoms with Crippen LogP contribution in [0.3, 0.4) is 0 Å². The van der Waals surface area contributed by atoms with Gasteiger partial charge in [-0.3, -0.25) is 0 Å². The van der Waals surface area contributed by atoms with Crippen molar-refractivity contribution in [1.82, 2.24) is 39.9 Å². The molecule has 7 aromatic rings. The van der Waals surface area contributed by atoms with Crippen LogP contribution in [0, 0.1) is 0 Å². The van der Waals surface area contributed by atoms with Crippen LogP contribution in [0.25, 0.3) is 89.7 Å². The van der Waals surface area contributed by atoms with E-state index in [0.717, 1.165) is 11.5 Å². The van der Waals surface area contributed by atoms with Crippen molar-refractivity contribution in [3.05, 3.63) is 84.9 Å². The third-order valence-corrected chi connectivity index (χ3v) is 10.0. The van der Waals surface area contributed by atoms with E-state index in [-0.39, 0.29) is 80.8 Å². The molecule has 0 unspecified atom stereocenters. The van der Waals surface area contributed by atoms with E-state index in [1.54, 1.807) is 36.4 Å². The minimum Gasteiger partial charge on any atom is -0.744 e. The fourth-order valence-electron chi connectivity index (χ4n) is 6.06. The zero-order valence-electron chi connectivity index (χ0n) is 25.3. The monoisotopic (exact) mass is 757 g/mol. The Hall–Kier alpha value is -4.42. The molecule has 0 atom stereocenters. The van der Waals surface area contributed by atoms with Gasteiger partial charge >= 0.3 is 46.6 Å². The molecular weight excluding hydrogens is 743 g/mol. The molecule has 0 fully saturated rings. The number of nitrogens with zero attached hydrogens (tertiary/aromatic N) is 7. The smallest absolute Gasteiger partial charge is 0.744 e. The first-order valence-electron chi connectivity index (χ1n) is 14.2. The van der Waals surface area contributed by atoms with Gasteiger partial charge in [0.1, 0.15) is 31.5 Å². The maximum absolute atomic E-state index is 12.7. The van der Waals surface area contributed by atoms with E-state index in [9.17, 15) is 25.9 Å². The summed E-state index contributed by atoms with van der Waals surface area (Å²) in [6, 6.07) is 23.6. The van der Waals surface area contributed by atoms with Crippen LogP contribution >= 0.6 is 0 Å². The van der Waals surface area contributed by atoms with Crippen LogP contribution in [0.2, 0.25) is 0 Å². The number of H-pyrrole nitrogens is 1. The average molecular weight is 758 g/mol. The minimum atomic E-state index is -5.56. The van der Waals surface area contributed by atoms with Gasteiger partial charge in [-0.2, -0.15) is 0 Å². The molecule has 4 aromatic carbocycles. The van der Waals surface area contributed by atoms with E-state index >= 15 is 0 Å². The molecule has 0 aliphatic carbocycles. The van der Waals surface area contributed by atoms with Crippen molar-refractivity contribution in [3.63, 3.8) is 0 Å². The Kier molecular flexibility index (Phi) is 8.25. The van der Waals surface area contributed by atoms with E-state index in [0.29, 0.717) is 44.8 Å². The molecule has 18 heteroatoms. The van der Waals surface area contributed by atoms with Gasteiger partial charge in [0.25, 0.3) is 0 Å². The van der Waals surface area contributed by atoms with Crippen LogP contribution in [-0.2, 0) is 37.3 Å². The molecule has 0 saturated heterocycles. The average Bonchev–Trinajstić information content (AvgIpc) is 3.79. The maximum atomic E-state index is 12.7. The number of aromatic nitrogens is 8. The van der Waals surface area contributed by atoms with E-state index in [4.69, 9.17) is 24.9 Å². The summed E-state index contributed by atoms with van der Waals surface area (Å²) < 4.78 is 74.7. The van der Waals surface area contributed by atoms with E-state index in [1.807, 2.05) is 36.4 Å². The minimum absolute atomic E-state index is 0. The Balaban J connectivity index is 0.00000196. The summed E-state index contributed by atoms with van der Waals surface area (Å²) in [5, 5.41) is 1.01. The molecule has 3 aromatic heterocycles. The Bertz CT molecular complexity index is 2980. The number of hydrogen-bond donors (Lipinski definition) is 1. The summed E-state index contributed by atoms with van der Waals surface area (Å²) in [5.41, 5.74) is 2.75. The van der Waals surface area contributed by atoms with Gasteiger partial charge in [0, 0.05) is 44.3 Å². The van der Waals surface area contributed by atoms with E-state index < -0.39 is 35.4 Å². The van der Waals surface area contributed by atoms with Crippen LogP contribution in [0.5, 0.6) is 0 Å². The zero-order valence-corrected chi connectivity index (χ0v) is 29.9. The van der Waals surface area contributed by atoms with Gasteiger partial charge in [0.2, 0.25) is 0 Å². The molecule has 1 N–H and O–H groups in total. The standard InChI is InChI=1S/C32H17N8O6S2.Cu.Na/c41-47(42,43)22-14-13-21-23(24(22)48(44,45)46)32-39-30-20-12-6-5-11-19(20)28(37-30)35-26-16-8-2-1-7-15(16)25(33-26)34-27-17-9-3-4-10-18(17)29(36-27)38-31(21)40-32;;/h1-14H,(H3-,33,34,35,36,37,38,39,40,41,42,43,44,45,46);;/q-1;+2;+1/p-2. The molecule has 2 aliphatic rings. The van der Waals surface area contributed by atoms with E-state index in [1.165, 1.54) is 6.07 Å².